The van der Waals surface area contributed by atoms with Gasteiger partial charge >= 0.3 is 0 Å². The number of hydrogen-bond donors (Lipinski definition) is 1. The molecule has 1 N–H and O–H groups in total. The third kappa shape index (κ3) is 1.67. The normalized spacial score (nSPS) is 15.3. The quantitative estimate of drug-likeness (QED) is 0.776. The summed E-state index contributed by atoms with van der Waals surface area (Å²) in [6, 6.07) is 0.581. The molecule has 0 radical (unpaired) electrons. The summed E-state index contributed by atoms with van der Waals surface area (Å²) >= 11 is 1.62. The van der Waals surface area contributed by atoms with Crippen molar-refractivity contribution < 1.29 is 0 Å². The number of fused-ring (bicyclic) bond motifs is 3. The van der Waals surface area contributed by atoms with Crippen LogP contribution in [0.25, 0.3) is 20.4 Å². The predicted molar refractivity (Wildman–Crippen MR) is 76.6 cm³/mol. The van der Waals surface area contributed by atoms with E-state index in [1.54, 1.807) is 17.7 Å². The molecule has 1 fully saturated rings. The third-order valence-corrected chi connectivity index (χ3v) is 4.65. The number of nitrogens with one attached hydrogen (secondary N) is 1. The molecule has 0 amide bonds. The summed E-state index contributed by atoms with van der Waals surface area (Å²) in [4.78, 5) is 9.77. The SMILES string of the molecule is Cc1nnc2sc3c(NC4CC4)ncnc3c2c1C. The predicted octanol–water partition coefficient (Wildman–Crippen LogP) is 2.83. The second-order valence-corrected chi connectivity index (χ2v) is 6.01. The van der Waals surface area contributed by atoms with Crippen LogP contribution in [0.5, 0.6) is 0 Å². The molecule has 0 aromatic carbocycles. The summed E-state index contributed by atoms with van der Waals surface area (Å²) in [7, 11) is 0. The Hall–Kier alpha value is -1.82. The molecular formula is C13H13N5S. The first-order chi connectivity index (χ1) is 9.24. The molecule has 3 aromatic rings. The lowest BCUT2D eigenvalue weighted by molar-refractivity contribution is 1.01. The summed E-state index contributed by atoms with van der Waals surface area (Å²) in [5, 5.41) is 13.1. The van der Waals surface area contributed by atoms with Crippen molar-refractivity contribution in [2.45, 2.75) is 32.7 Å². The van der Waals surface area contributed by atoms with Crippen LogP contribution in [0.3, 0.4) is 0 Å². The van der Waals surface area contributed by atoms with E-state index in [1.807, 2.05) is 6.92 Å². The van der Waals surface area contributed by atoms with Crippen molar-refractivity contribution in [3.63, 3.8) is 0 Å². The maximum atomic E-state index is 4.45. The van der Waals surface area contributed by atoms with Gasteiger partial charge in [-0.2, -0.15) is 5.10 Å². The Morgan fingerprint density at radius 3 is 2.84 bits per heavy atom. The Labute approximate surface area is 114 Å². The van der Waals surface area contributed by atoms with Crippen LogP contribution in [0.4, 0.5) is 5.82 Å². The largest absolute Gasteiger partial charge is 0.366 e. The minimum absolute atomic E-state index is 0.581. The van der Waals surface area contributed by atoms with E-state index < -0.39 is 0 Å². The lowest BCUT2D eigenvalue weighted by atomic mass is 10.1. The number of aryl methyl sites for hydroxylation is 2. The average Bonchev–Trinajstić information content (AvgIpc) is 3.13. The van der Waals surface area contributed by atoms with E-state index in [2.05, 4.69) is 32.4 Å². The van der Waals surface area contributed by atoms with Crippen LogP contribution in [0.2, 0.25) is 0 Å². The summed E-state index contributed by atoms with van der Waals surface area (Å²) in [6.07, 6.45) is 4.09. The van der Waals surface area contributed by atoms with Crippen LogP contribution in [0, 0.1) is 13.8 Å². The van der Waals surface area contributed by atoms with Gasteiger partial charge in [-0.15, -0.1) is 16.4 Å². The van der Waals surface area contributed by atoms with Crippen LogP contribution < -0.4 is 5.32 Å². The Bertz CT molecular complexity index is 790. The Morgan fingerprint density at radius 1 is 1.21 bits per heavy atom. The highest BCUT2D eigenvalue weighted by Gasteiger charge is 2.23. The number of rotatable bonds is 2. The highest BCUT2D eigenvalue weighted by atomic mass is 32.1. The van der Waals surface area contributed by atoms with Gasteiger partial charge in [-0.1, -0.05) is 0 Å². The molecular weight excluding hydrogens is 258 g/mol. The first-order valence-corrected chi connectivity index (χ1v) is 7.19. The smallest absolute Gasteiger partial charge is 0.149 e. The van der Waals surface area contributed by atoms with Gasteiger partial charge in [0.2, 0.25) is 0 Å². The van der Waals surface area contributed by atoms with Crippen molar-refractivity contribution in [2.24, 2.45) is 0 Å². The standard InChI is InChI=1S/C13H13N5S/c1-6-7(2)17-18-13-9(6)10-11(19-13)12(15-5-14-10)16-8-3-4-8/h5,8H,3-4H2,1-2H3,(H,14,15,16). The molecule has 4 rings (SSSR count). The van der Waals surface area contributed by atoms with Gasteiger partial charge in [-0.05, 0) is 32.3 Å². The van der Waals surface area contributed by atoms with Crippen LogP contribution in [-0.2, 0) is 0 Å². The van der Waals surface area contributed by atoms with Gasteiger partial charge < -0.3 is 5.32 Å². The minimum Gasteiger partial charge on any atom is -0.366 e. The molecule has 0 spiro atoms. The highest BCUT2D eigenvalue weighted by Crippen LogP contribution is 2.37. The molecule has 0 aliphatic heterocycles. The minimum atomic E-state index is 0.581. The van der Waals surface area contributed by atoms with Crippen molar-refractivity contribution in [1.82, 2.24) is 20.2 Å². The zero-order chi connectivity index (χ0) is 13.0. The molecule has 19 heavy (non-hydrogen) atoms. The molecule has 3 aromatic heterocycles. The van der Waals surface area contributed by atoms with Crippen LogP contribution in [-0.4, -0.2) is 26.2 Å². The highest BCUT2D eigenvalue weighted by molar-refractivity contribution is 7.25. The third-order valence-electron chi connectivity index (χ3n) is 3.58. The van der Waals surface area contributed by atoms with Gasteiger partial charge in [0.1, 0.15) is 17.0 Å². The number of thiophene rings is 1. The van der Waals surface area contributed by atoms with Crippen molar-refractivity contribution in [3.05, 3.63) is 17.6 Å². The summed E-state index contributed by atoms with van der Waals surface area (Å²) in [5.74, 6) is 0.938. The van der Waals surface area contributed by atoms with E-state index in [0.29, 0.717) is 6.04 Å². The second-order valence-electron chi connectivity index (χ2n) is 5.01. The number of aromatic nitrogens is 4. The van der Waals surface area contributed by atoms with E-state index in [0.717, 1.165) is 37.5 Å². The first kappa shape index (κ1) is 11.0. The van der Waals surface area contributed by atoms with E-state index in [9.17, 15) is 0 Å². The van der Waals surface area contributed by atoms with Crippen LogP contribution >= 0.6 is 11.3 Å². The molecule has 3 heterocycles. The van der Waals surface area contributed by atoms with E-state index in [1.165, 1.54) is 12.8 Å². The lowest BCUT2D eigenvalue weighted by Gasteiger charge is -2.03. The van der Waals surface area contributed by atoms with Crippen molar-refractivity contribution in [1.29, 1.82) is 0 Å². The Kier molecular flexibility index (Phi) is 2.23. The molecule has 5 nitrogen and oxygen atoms in total. The molecule has 96 valence electrons. The molecule has 1 saturated carbocycles. The van der Waals surface area contributed by atoms with Crippen molar-refractivity contribution in [3.8, 4) is 0 Å². The number of hydrogen-bond acceptors (Lipinski definition) is 6. The van der Waals surface area contributed by atoms with Crippen LogP contribution in [0.15, 0.2) is 6.33 Å². The van der Waals surface area contributed by atoms with Gasteiger partial charge in [0, 0.05) is 11.4 Å². The van der Waals surface area contributed by atoms with Crippen molar-refractivity contribution >= 4 is 37.6 Å². The summed E-state index contributed by atoms with van der Waals surface area (Å²) < 4.78 is 1.09. The monoisotopic (exact) mass is 271 g/mol. The maximum absolute atomic E-state index is 4.45. The molecule has 0 saturated heterocycles. The fourth-order valence-electron chi connectivity index (χ4n) is 2.21. The second kappa shape index (κ2) is 3.84. The van der Waals surface area contributed by atoms with E-state index in [-0.39, 0.29) is 0 Å². The zero-order valence-corrected chi connectivity index (χ0v) is 11.6. The zero-order valence-electron chi connectivity index (χ0n) is 10.8. The van der Waals surface area contributed by atoms with E-state index in [4.69, 9.17) is 0 Å². The molecule has 1 aliphatic rings. The lowest BCUT2D eigenvalue weighted by Crippen LogP contribution is -2.03. The molecule has 0 bridgehead atoms. The fourth-order valence-corrected chi connectivity index (χ4v) is 3.29. The summed E-state index contributed by atoms with van der Waals surface area (Å²) in [5.41, 5.74) is 3.11. The van der Waals surface area contributed by atoms with Gasteiger partial charge in [0.25, 0.3) is 0 Å². The molecule has 0 atom stereocenters. The Morgan fingerprint density at radius 2 is 2.05 bits per heavy atom. The average molecular weight is 271 g/mol. The molecule has 0 unspecified atom stereocenters. The van der Waals surface area contributed by atoms with Gasteiger partial charge in [0.15, 0.2) is 0 Å². The molecule has 1 aliphatic carbocycles. The fraction of sp³-hybridized carbons (Fsp3) is 0.385. The van der Waals surface area contributed by atoms with Gasteiger partial charge in [0.05, 0.1) is 15.9 Å². The maximum Gasteiger partial charge on any atom is 0.149 e. The number of nitrogens with zero attached hydrogens (tertiary/aromatic N) is 4. The van der Waals surface area contributed by atoms with Gasteiger partial charge in [-0.25, -0.2) is 9.97 Å². The van der Waals surface area contributed by atoms with E-state index >= 15 is 0 Å². The number of anilines is 1. The Balaban J connectivity index is 2.04. The molecule has 6 heteroatoms. The van der Waals surface area contributed by atoms with Crippen LogP contribution in [0.1, 0.15) is 24.1 Å². The summed E-state index contributed by atoms with van der Waals surface area (Å²) in [6.45, 7) is 4.06. The topological polar surface area (TPSA) is 63.6 Å². The van der Waals surface area contributed by atoms with Crippen molar-refractivity contribution in [2.75, 3.05) is 5.32 Å². The first-order valence-electron chi connectivity index (χ1n) is 6.37. The van der Waals surface area contributed by atoms with Gasteiger partial charge in [-0.3, -0.25) is 0 Å².